The highest BCUT2D eigenvalue weighted by Gasteiger charge is 1.95. The summed E-state index contributed by atoms with van der Waals surface area (Å²) in [6.45, 7) is 9.79. The average molecular weight is 371 g/mol. The molecule has 0 aliphatic rings. The van der Waals surface area contributed by atoms with Crippen LogP contribution in [0.3, 0.4) is 0 Å². The van der Waals surface area contributed by atoms with Gasteiger partial charge in [0.05, 0.1) is 0 Å². The lowest BCUT2D eigenvalue weighted by Gasteiger charge is -1.97. The highest BCUT2D eigenvalue weighted by atomic mass is 16.3. The molecule has 0 heterocycles. The van der Waals surface area contributed by atoms with E-state index < -0.39 is 0 Å². The molecule has 4 nitrogen and oxygen atoms in total. The third-order valence-corrected chi connectivity index (χ3v) is 2.91. The van der Waals surface area contributed by atoms with Crippen molar-refractivity contribution in [3.05, 3.63) is 59.7 Å². The SMILES string of the molecule is CCC.CCC.Oc1ccccc1C=NCCCN=Cc1ccccc1O. The van der Waals surface area contributed by atoms with Gasteiger partial charge in [-0.15, -0.1) is 0 Å². The Morgan fingerprint density at radius 2 is 1.00 bits per heavy atom. The smallest absolute Gasteiger partial charge is 0.124 e. The molecule has 2 N–H and O–H groups in total. The van der Waals surface area contributed by atoms with Crippen LogP contribution >= 0.6 is 0 Å². The number of hydrogen-bond donors (Lipinski definition) is 2. The molecule has 0 aromatic heterocycles. The van der Waals surface area contributed by atoms with Crippen molar-refractivity contribution in [2.45, 2.75) is 47.0 Å². The number of phenols is 2. The molecule has 148 valence electrons. The summed E-state index contributed by atoms with van der Waals surface area (Å²) in [5, 5.41) is 19.1. The van der Waals surface area contributed by atoms with E-state index in [1.807, 2.05) is 24.3 Å². The van der Waals surface area contributed by atoms with E-state index in [1.165, 1.54) is 12.8 Å². The molecule has 0 spiro atoms. The van der Waals surface area contributed by atoms with Crippen molar-refractivity contribution in [3.63, 3.8) is 0 Å². The fourth-order valence-corrected chi connectivity index (χ4v) is 1.77. The molecular formula is C23H34N2O2. The third kappa shape index (κ3) is 12.4. The van der Waals surface area contributed by atoms with Crippen LogP contribution in [0.25, 0.3) is 0 Å². The summed E-state index contributed by atoms with van der Waals surface area (Å²) >= 11 is 0. The minimum Gasteiger partial charge on any atom is -0.507 e. The second-order valence-electron chi connectivity index (χ2n) is 5.96. The van der Waals surface area contributed by atoms with Crippen molar-refractivity contribution < 1.29 is 10.2 Å². The van der Waals surface area contributed by atoms with E-state index in [0.717, 1.165) is 17.5 Å². The van der Waals surface area contributed by atoms with Gasteiger partial charge in [0.2, 0.25) is 0 Å². The van der Waals surface area contributed by atoms with Crippen molar-refractivity contribution in [1.82, 2.24) is 0 Å². The maximum absolute atomic E-state index is 9.56. The lowest BCUT2D eigenvalue weighted by Crippen LogP contribution is -1.90. The number of aliphatic imine (C=N–C) groups is 2. The molecule has 4 heteroatoms. The molecular weight excluding hydrogens is 336 g/mol. The van der Waals surface area contributed by atoms with E-state index in [0.29, 0.717) is 13.1 Å². The summed E-state index contributed by atoms with van der Waals surface area (Å²) < 4.78 is 0. The van der Waals surface area contributed by atoms with Crippen LogP contribution in [0.4, 0.5) is 0 Å². The number of aromatic hydroxyl groups is 2. The monoisotopic (exact) mass is 370 g/mol. The first-order valence-corrected chi connectivity index (χ1v) is 9.66. The molecule has 0 atom stereocenters. The highest BCUT2D eigenvalue weighted by Crippen LogP contribution is 2.13. The molecule has 0 saturated heterocycles. The maximum Gasteiger partial charge on any atom is 0.124 e. The van der Waals surface area contributed by atoms with Gasteiger partial charge in [0.1, 0.15) is 11.5 Å². The molecule has 0 radical (unpaired) electrons. The minimum absolute atomic E-state index is 0.235. The molecule has 2 aromatic carbocycles. The summed E-state index contributed by atoms with van der Waals surface area (Å²) in [5.41, 5.74) is 1.44. The Labute approximate surface area is 164 Å². The Morgan fingerprint density at radius 3 is 1.33 bits per heavy atom. The number of hydrogen-bond acceptors (Lipinski definition) is 4. The van der Waals surface area contributed by atoms with Crippen LogP contribution < -0.4 is 0 Å². The minimum atomic E-state index is 0.235. The Bertz CT molecular complexity index is 609. The van der Waals surface area contributed by atoms with Crippen LogP contribution in [-0.2, 0) is 0 Å². The summed E-state index contributed by atoms with van der Waals surface area (Å²) in [4.78, 5) is 8.51. The first kappa shape index (κ1) is 24.4. The topological polar surface area (TPSA) is 65.2 Å². The zero-order chi connectivity index (χ0) is 20.3. The number of phenolic OH excluding ortho intramolecular Hbond substituents is 2. The third-order valence-electron chi connectivity index (χ3n) is 2.91. The van der Waals surface area contributed by atoms with Gasteiger partial charge >= 0.3 is 0 Å². The maximum atomic E-state index is 9.56. The van der Waals surface area contributed by atoms with E-state index in [9.17, 15) is 10.2 Å². The number of rotatable bonds is 6. The first-order valence-electron chi connectivity index (χ1n) is 9.66. The molecule has 0 aliphatic carbocycles. The van der Waals surface area contributed by atoms with Gasteiger partial charge in [-0.1, -0.05) is 64.8 Å². The fourth-order valence-electron chi connectivity index (χ4n) is 1.77. The Balaban J connectivity index is 0.000000997. The molecule has 0 fully saturated rings. The molecule has 0 bridgehead atoms. The van der Waals surface area contributed by atoms with Gasteiger partial charge in [0.25, 0.3) is 0 Å². The molecule has 0 amide bonds. The molecule has 0 aliphatic heterocycles. The Kier molecular flexibility index (Phi) is 15.2. The summed E-state index contributed by atoms with van der Waals surface area (Å²) in [6.07, 6.45) is 6.65. The van der Waals surface area contributed by atoms with Crippen LogP contribution in [0.5, 0.6) is 11.5 Å². The zero-order valence-electron chi connectivity index (χ0n) is 17.1. The number of nitrogens with zero attached hydrogens (tertiary/aromatic N) is 2. The van der Waals surface area contributed by atoms with Crippen LogP contribution in [0, 0.1) is 0 Å². The number of benzene rings is 2. The zero-order valence-corrected chi connectivity index (χ0v) is 17.1. The van der Waals surface area contributed by atoms with Gasteiger partial charge < -0.3 is 10.2 Å². The second-order valence-corrected chi connectivity index (χ2v) is 5.96. The van der Waals surface area contributed by atoms with Gasteiger partial charge in [0.15, 0.2) is 0 Å². The van der Waals surface area contributed by atoms with E-state index in [-0.39, 0.29) is 11.5 Å². The predicted molar refractivity (Wildman–Crippen MR) is 118 cm³/mol. The molecule has 0 saturated carbocycles. The molecule has 0 unspecified atom stereocenters. The van der Waals surface area contributed by atoms with Crippen molar-refractivity contribution >= 4 is 12.4 Å². The van der Waals surface area contributed by atoms with E-state index in [2.05, 4.69) is 37.7 Å². The van der Waals surface area contributed by atoms with Crippen LogP contribution in [-0.4, -0.2) is 35.7 Å². The van der Waals surface area contributed by atoms with Gasteiger partial charge in [-0.3, -0.25) is 9.98 Å². The summed E-state index contributed by atoms with van der Waals surface area (Å²) in [6, 6.07) is 14.2. The van der Waals surface area contributed by atoms with Gasteiger partial charge in [0, 0.05) is 36.6 Å². The molecule has 2 aromatic rings. The number of para-hydroxylation sites is 2. The average Bonchev–Trinajstić information content (AvgIpc) is 2.65. The van der Waals surface area contributed by atoms with Crippen molar-refractivity contribution in [1.29, 1.82) is 0 Å². The van der Waals surface area contributed by atoms with Gasteiger partial charge in [-0.25, -0.2) is 0 Å². The van der Waals surface area contributed by atoms with Gasteiger partial charge in [-0.05, 0) is 30.7 Å². The largest absolute Gasteiger partial charge is 0.507 e. The normalized spacial score (nSPS) is 10.2. The van der Waals surface area contributed by atoms with Crippen molar-refractivity contribution in [2.24, 2.45) is 9.98 Å². The summed E-state index contributed by atoms with van der Waals surface area (Å²) in [7, 11) is 0. The van der Waals surface area contributed by atoms with Gasteiger partial charge in [-0.2, -0.15) is 0 Å². The highest BCUT2D eigenvalue weighted by molar-refractivity contribution is 5.83. The van der Waals surface area contributed by atoms with E-state index in [4.69, 9.17) is 0 Å². The summed E-state index contributed by atoms with van der Waals surface area (Å²) in [5.74, 6) is 0.470. The molecule has 27 heavy (non-hydrogen) atoms. The van der Waals surface area contributed by atoms with E-state index >= 15 is 0 Å². The molecule has 2 rings (SSSR count). The van der Waals surface area contributed by atoms with Crippen LogP contribution in [0.15, 0.2) is 58.5 Å². The van der Waals surface area contributed by atoms with Crippen LogP contribution in [0.1, 0.15) is 58.1 Å². The Hall–Kier alpha value is -2.62. The predicted octanol–water partition coefficient (Wildman–Crippen LogP) is 5.86. The van der Waals surface area contributed by atoms with Crippen molar-refractivity contribution in [2.75, 3.05) is 13.1 Å². The Morgan fingerprint density at radius 1 is 0.667 bits per heavy atom. The second kappa shape index (κ2) is 16.8. The fraction of sp³-hybridized carbons (Fsp3) is 0.391. The van der Waals surface area contributed by atoms with Crippen molar-refractivity contribution in [3.8, 4) is 11.5 Å². The standard InChI is InChI=1S/C17H18N2O2.2C3H8/c20-16-8-3-1-6-14(16)12-18-10-5-11-19-13-15-7-2-4-9-17(15)21;2*1-3-2/h1-4,6-9,12-13,20-21H,5,10-11H2;2*3H2,1-2H3. The first-order chi connectivity index (χ1) is 13.1. The quantitative estimate of drug-likeness (QED) is 0.494. The van der Waals surface area contributed by atoms with E-state index in [1.54, 1.807) is 36.7 Å². The lowest BCUT2D eigenvalue weighted by molar-refractivity contribution is 0.474. The van der Waals surface area contributed by atoms with Crippen LogP contribution in [0.2, 0.25) is 0 Å². The lowest BCUT2D eigenvalue weighted by atomic mass is 10.2.